The summed E-state index contributed by atoms with van der Waals surface area (Å²) in [7, 11) is 3.06. The molecule has 2 unspecified atom stereocenters. The summed E-state index contributed by atoms with van der Waals surface area (Å²) in [5.41, 5.74) is -0.674. The smallest absolute Gasteiger partial charge is 0.445 e. The van der Waals surface area contributed by atoms with Crippen molar-refractivity contribution in [3.63, 3.8) is 0 Å². The number of nitrogens with zero attached hydrogens (tertiary/aromatic N) is 1. The Morgan fingerprint density at radius 2 is 1.69 bits per heavy atom. The van der Waals surface area contributed by atoms with Gasteiger partial charge in [-0.2, -0.15) is 0 Å². The summed E-state index contributed by atoms with van der Waals surface area (Å²) in [6.45, 7) is -1.15. The number of hydrogen-bond acceptors (Lipinski definition) is 3. The van der Waals surface area contributed by atoms with Crippen LogP contribution in [0.25, 0.3) is 0 Å². The molecule has 0 radical (unpaired) electrons. The lowest BCUT2D eigenvalue weighted by Crippen LogP contribution is -2.32. The van der Waals surface area contributed by atoms with Crippen LogP contribution in [-0.4, -0.2) is 57.9 Å². The third-order valence-corrected chi connectivity index (χ3v) is 2.79. The van der Waals surface area contributed by atoms with Crippen LogP contribution in [-0.2, 0) is 9.47 Å². The van der Waals surface area contributed by atoms with Crippen LogP contribution in [0.5, 0.6) is 0 Å². The normalized spacial score (nSPS) is 27.3. The fraction of sp³-hybridized carbons (Fsp3) is 0.778. The van der Waals surface area contributed by atoms with Gasteiger partial charge in [-0.3, -0.25) is 4.90 Å². The minimum atomic E-state index is -4.95. The molecule has 94 valence electrons. The third kappa shape index (κ3) is 3.23. The molecule has 1 fully saturated rings. The van der Waals surface area contributed by atoms with Crippen LogP contribution >= 0.6 is 0 Å². The van der Waals surface area contributed by atoms with E-state index in [9.17, 15) is 12.9 Å². The van der Waals surface area contributed by atoms with Crippen molar-refractivity contribution in [2.75, 3.05) is 33.9 Å². The molecule has 0 saturated carbocycles. The predicted octanol–water partition coefficient (Wildman–Crippen LogP) is 1.27. The van der Waals surface area contributed by atoms with Gasteiger partial charge in [-0.25, -0.2) is 0 Å². The summed E-state index contributed by atoms with van der Waals surface area (Å²) >= 11 is 0. The van der Waals surface area contributed by atoms with Gasteiger partial charge in [0.25, 0.3) is 0 Å². The summed E-state index contributed by atoms with van der Waals surface area (Å²) in [6, 6.07) is 0. The molecule has 3 nitrogen and oxygen atoms in total. The van der Waals surface area contributed by atoms with Gasteiger partial charge in [-0.15, -0.1) is 12.1 Å². The largest absolute Gasteiger partial charge is 0.506 e. The lowest BCUT2D eigenvalue weighted by atomic mass is 9.80. The van der Waals surface area contributed by atoms with E-state index in [0.29, 0.717) is 13.1 Å². The van der Waals surface area contributed by atoms with Crippen molar-refractivity contribution in [3.8, 4) is 0 Å². The zero-order valence-corrected chi connectivity index (χ0v) is 9.46. The van der Waals surface area contributed by atoms with E-state index < -0.39 is 12.4 Å². The molecule has 16 heavy (non-hydrogen) atoms. The molecular formula is C9H16BF3NO2-. The topological polar surface area (TPSA) is 21.7 Å². The second-order valence-electron chi connectivity index (χ2n) is 3.98. The highest BCUT2D eigenvalue weighted by Crippen LogP contribution is 2.22. The zero-order valence-electron chi connectivity index (χ0n) is 9.46. The quantitative estimate of drug-likeness (QED) is 0.673. The maximum absolute atomic E-state index is 12.3. The fourth-order valence-electron chi connectivity index (χ4n) is 1.79. The van der Waals surface area contributed by atoms with Gasteiger partial charge in [0.1, 0.15) is 0 Å². The molecule has 1 saturated heterocycles. The highest BCUT2D eigenvalue weighted by molar-refractivity contribution is 6.66. The molecule has 0 aromatic carbocycles. The molecule has 1 aliphatic heterocycles. The van der Waals surface area contributed by atoms with Gasteiger partial charge in [-0.05, 0) is 6.54 Å². The van der Waals surface area contributed by atoms with Crippen LogP contribution in [0, 0.1) is 0 Å². The molecule has 0 N–H and O–H groups in total. The first-order chi connectivity index (χ1) is 7.38. The average Bonchev–Trinajstić information content (AvgIpc) is 2.58. The Morgan fingerprint density at radius 3 is 2.00 bits per heavy atom. The Morgan fingerprint density at radius 1 is 1.25 bits per heavy atom. The first-order valence-electron chi connectivity index (χ1n) is 5.04. The van der Waals surface area contributed by atoms with Crippen molar-refractivity contribution in [3.05, 3.63) is 12.1 Å². The summed E-state index contributed by atoms with van der Waals surface area (Å²) in [5, 5.41) is 0. The Labute approximate surface area is 93.3 Å². The van der Waals surface area contributed by atoms with Crippen molar-refractivity contribution < 1.29 is 22.4 Å². The first kappa shape index (κ1) is 13.5. The summed E-state index contributed by atoms with van der Waals surface area (Å²) < 4.78 is 47.3. The van der Waals surface area contributed by atoms with Crippen molar-refractivity contribution >= 4 is 6.98 Å². The lowest BCUT2D eigenvalue weighted by Gasteiger charge is -2.23. The van der Waals surface area contributed by atoms with E-state index in [-0.39, 0.29) is 18.8 Å². The summed E-state index contributed by atoms with van der Waals surface area (Å²) in [5.74, 6) is 0. The van der Waals surface area contributed by atoms with Crippen LogP contribution in [0.15, 0.2) is 12.1 Å². The summed E-state index contributed by atoms with van der Waals surface area (Å²) in [4.78, 5) is 1.65. The van der Waals surface area contributed by atoms with Crippen LogP contribution in [0.1, 0.15) is 0 Å². The van der Waals surface area contributed by atoms with E-state index in [1.807, 2.05) is 0 Å². The van der Waals surface area contributed by atoms with Crippen molar-refractivity contribution in [1.29, 1.82) is 0 Å². The molecule has 2 atom stereocenters. The Kier molecular flexibility index (Phi) is 4.40. The fourth-order valence-corrected chi connectivity index (χ4v) is 1.79. The maximum atomic E-state index is 12.3. The van der Waals surface area contributed by atoms with Gasteiger partial charge in [0, 0.05) is 27.3 Å². The van der Waals surface area contributed by atoms with Gasteiger partial charge < -0.3 is 22.4 Å². The lowest BCUT2D eigenvalue weighted by molar-refractivity contribution is -0.00461. The van der Waals surface area contributed by atoms with Crippen molar-refractivity contribution in [2.24, 2.45) is 0 Å². The standard InChI is InChI=1S/C9H16BF3NO2/c1-7(10(11,12)13)4-14-5-8(15-2)9(6-14)16-3/h8-9H,1,4-6H2,2-3H3/q-1. The van der Waals surface area contributed by atoms with Crippen LogP contribution < -0.4 is 0 Å². The molecule has 0 aliphatic carbocycles. The Hall–Kier alpha value is -0.525. The van der Waals surface area contributed by atoms with E-state index >= 15 is 0 Å². The number of hydrogen-bond donors (Lipinski definition) is 0. The third-order valence-electron chi connectivity index (χ3n) is 2.79. The number of likely N-dealkylation sites (tertiary alicyclic amines) is 1. The van der Waals surface area contributed by atoms with E-state index in [1.165, 1.54) is 14.2 Å². The molecule has 0 amide bonds. The highest BCUT2D eigenvalue weighted by Gasteiger charge is 2.35. The van der Waals surface area contributed by atoms with Gasteiger partial charge >= 0.3 is 6.98 Å². The van der Waals surface area contributed by atoms with E-state index in [2.05, 4.69) is 6.58 Å². The second kappa shape index (κ2) is 5.20. The van der Waals surface area contributed by atoms with Crippen molar-refractivity contribution in [1.82, 2.24) is 4.90 Å². The molecule has 0 aromatic heterocycles. The Bertz CT molecular complexity index is 248. The van der Waals surface area contributed by atoms with Crippen LogP contribution in [0.4, 0.5) is 12.9 Å². The molecule has 0 bridgehead atoms. The van der Waals surface area contributed by atoms with Crippen LogP contribution in [0.3, 0.4) is 0 Å². The monoisotopic (exact) mass is 238 g/mol. The number of rotatable bonds is 5. The molecule has 0 spiro atoms. The molecule has 1 heterocycles. The van der Waals surface area contributed by atoms with E-state index in [4.69, 9.17) is 9.47 Å². The minimum absolute atomic E-state index is 0.163. The van der Waals surface area contributed by atoms with Gasteiger partial charge in [0.2, 0.25) is 0 Å². The van der Waals surface area contributed by atoms with Crippen LogP contribution in [0.2, 0.25) is 0 Å². The van der Waals surface area contributed by atoms with E-state index in [0.717, 1.165) is 0 Å². The van der Waals surface area contributed by atoms with Gasteiger partial charge in [0.05, 0.1) is 12.2 Å². The zero-order chi connectivity index (χ0) is 12.3. The SMILES string of the molecule is C=C(CN1CC(OC)C(OC)C1)[B-](F)(F)F. The molecule has 0 aromatic rings. The Balaban J connectivity index is 2.50. The molecule has 1 aliphatic rings. The molecular weight excluding hydrogens is 222 g/mol. The van der Waals surface area contributed by atoms with Gasteiger partial charge in [0.15, 0.2) is 0 Å². The van der Waals surface area contributed by atoms with Gasteiger partial charge in [-0.1, -0.05) is 0 Å². The average molecular weight is 238 g/mol. The molecule has 1 rings (SSSR count). The number of ether oxygens (including phenoxy) is 2. The highest BCUT2D eigenvalue weighted by atomic mass is 19.4. The predicted molar refractivity (Wildman–Crippen MR) is 56.3 cm³/mol. The second-order valence-corrected chi connectivity index (χ2v) is 3.98. The van der Waals surface area contributed by atoms with E-state index in [1.54, 1.807) is 4.90 Å². The van der Waals surface area contributed by atoms with Crippen molar-refractivity contribution in [2.45, 2.75) is 12.2 Å². The molecule has 7 heteroatoms. The maximum Gasteiger partial charge on any atom is 0.506 e. The minimum Gasteiger partial charge on any atom is -0.445 e. The summed E-state index contributed by atoms with van der Waals surface area (Å²) in [6.07, 6.45) is -0.336. The first-order valence-corrected chi connectivity index (χ1v) is 5.04. The number of methoxy groups -OCH3 is 2. The number of halogens is 3.